The second kappa shape index (κ2) is 9.45. The van der Waals surface area contributed by atoms with Crippen LogP contribution in [-0.2, 0) is 19.2 Å². The summed E-state index contributed by atoms with van der Waals surface area (Å²) in [7, 11) is 0. The highest BCUT2D eigenvalue weighted by Crippen LogP contribution is 2.50. The second-order valence-corrected chi connectivity index (χ2v) is 8.72. The lowest BCUT2D eigenvalue weighted by Gasteiger charge is -2.31. The number of hydroxylamine groups is 1. The Morgan fingerprint density at radius 2 is 1.97 bits per heavy atom. The smallest absolute Gasteiger partial charge is 0.309 e. The molecule has 3 aliphatic rings. The first-order chi connectivity index (χ1) is 14.7. The Kier molecular flexibility index (Phi) is 7.12. The van der Waals surface area contributed by atoms with Crippen LogP contribution in [0.25, 0.3) is 0 Å². The van der Waals surface area contributed by atoms with E-state index in [-0.39, 0.29) is 44.1 Å². The molecule has 2 aliphatic carbocycles. The topological polar surface area (TPSA) is 179 Å². The lowest BCUT2D eigenvalue weighted by atomic mass is 9.76. The van der Waals surface area contributed by atoms with Crippen LogP contribution in [0.2, 0.25) is 0 Å². The van der Waals surface area contributed by atoms with Crippen LogP contribution < -0.4 is 5.48 Å². The standard InChI is InChI=1S/C19H29N3O9/c23-13-3-2-11(14(9-13)16(24)25)10-31-20-6-1-7-21-18(28)19(21)5-4-12(22(29)30)8-15(19)17(26)27/h11-15,20,23H,1-10H2,(H,24,25)(H,26,27). The molecule has 174 valence electrons. The molecule has 1 heterocycles. The van der Waals surface area contributed by atoms with Gasteiger partial charge in [0.25, 0.3) is 0 Å². The Morgan fingerprint density at radius 3 is 2.61 bits per heavy atom. The number of hydrogen-bond donors (Lipinski definition) is 4. The van der Waals surface area contributed by atoms with Gasteiger partial charge in [0.15, 0.2) is 0 Å². The number of nitro groups is 1. The first-order valence-electron chi connectivity index (χ1n) is 10.6. The molecule has 1 spiro atoms. The van der Waals surface area contributed by atoms with Gasteiger partial charge in [-0.05, 0) is 38.0 Å². The fourth-order valence-electron chi connectivity index (χ4n) is 5.11. The number of nitrogens with zero attached hydrogens (tertiary/aromatic N) is 2. The van der Waals surface area contributed by atoms with E-state index in [1.807, 2.05) is 0 Å². The number of hydrogen-bond acceptors (Lipinski definition) is 8. The van der Waals surface area contributed by atoms with Gasteiger partial charge in [0.1, 0.15) is 5.54 Å². The van der Waals surface area contributed by atoms with Gasteiger partial charge >= 0.3 is 11.9 Å². The molecule has 0 radical (unpaired) electrons. The molecule has 1 saturated heterocycles. The van der Waals surface area contributed by atoms with E-state index in [2.05, 4.69) is 5.48 Å². The van der Waals surface area contributed by atoms with E-state index in [1.54, 1.807) is 0 Å². The van der Waals surface area contributed by atoms with E-state index in [0.717, 1.165) is 0 Å². The zero-order chi connectivity index (χ0) is 22.8. The van der Waals surface area contributed by atoms with Crippen molar-refractivity contribution in [1.29, 1.82) is 0 Å². The second-order valence-electron chi connectivity index (χ2n) is 8.72. The molecule has 3 fully saturated rings. The van der Waals surface area contributed by atoms with Crippen molar-refractivity contribution in [3.63, 3.8) is 0 Å². The van der Waals surface area contributed by atoms with E-state index < -0.39 is 46.4 Å². The van der Waals surface area contributed by atoms with Crippen molar-refractivity contribution in [2.75, 3.05) is 19.7 Å². The van der Waals surface area contributed by atoms with Gasteiger partial charge in [-0.15, -0.1) is 0 Å². The van der Waals surface area contributed by atoms with Crippen LogP contribution in [0.1, 0.15) is 44.9 Å². The Hall–Kier alpha value is -2.31. The van der Waals surface area contributed by atoms with Crippen LogP contribution in [0.15, 0.2) is 0 Å². The molecule has 1 aliphatic heterocycles. The fraction of sp³-hybridized carbons (Fsp3) is 0.842. The van der Waals surface area contributed by atoms with Crippen molar-refractivity contribution in [2.24, 2.45) is 17.8 Å². The fourth-order valence-corrected chi connectivity index (χ4v) is 5.11. The summed E-state index contributed by atoms with van der Waals surface area (Å²) >= 11 is 0. The van der Waals surface area contributed by atoms with E-state index >= 15 is 0 Å². The average molecular weight is 443 g/mol. The molecule has 1 amide bonds. The molecule has 12 nitrogen and oxygen atoms in total. The number of amides is 1. The minimum absolute atomic E-state index is 0.146. The van der Waals surface area contributed by atoms with Crippen molar-refractivity contribution in [2.45, 2.75) is 62.6 Å². The molecule has 4 N–H and O–H groups in total. The van der Waals surface area contributed by atoms with Crippen molar-refractivity contribution >= 4 is 17.8 Å². The minimum Gasteiger partial charge on any atom is -0.481 e. The number of carboxylic acid groups (broad SMARTS) is 2. The van der Waals surface area contributed by atoms with E-state index in [1.165, 1.54) is 4.90 Å². The molecule has 6 unspecified atom stereocenters. The summed E-state index contributed by atoms with van der Waals surface area (Å²) in [6.45, 7) is 0.886. The third-order valence-corrected chi connectivity index (χ3v) is 6.93. The molecule has 12 heteroatoms. The Bertz CT molecular complexity index is 732. The number of carbonyl (C=O) groups excluding carboxylic acids is 1. The average Bonchev–Trinajstić information content (AvgIpc) is 3.26. The Morgan fingerprint density at radius 1 is 1.23 bits per heavy atom. The molecule has 31 heavy (non-hydrogen) atoms. The summed E-state index contributed by atoms with van der Waals surface area (Å²) < 4.78 is 0. The summed E-state index contributed by atoms with van der Waals surface area (Å²) in [5.41, 5.74) is 1.62. The van der Waals surface area contributed by atoms with Crippen molar-refractivity contribution in [3.8, 4) is 0 Å². The number of rotatable bonds is 10. The van der Waals surface area contributed by atoms with Crippen molar-refractivity contribution in [1.82, 2.24) is 10.4 Å². The third kappa shape index (κ3) is 4.80. The summed E-state index contributed by atoms with van der Waals surface area (Å²) in [6, 6.07) is -0.937. The van der Waals surface area contributed by atoms with Crippen molar-refractivity contribution in [3.05, 3.63) is 10.1 Å². The van der Waals surface area contributed by atoms with Crippen LogP contribution in [0.4, 0.5) is 0 Å². The summed E-state index contributed by atoms with van der Waals surface area (Å²) in [4.78, 5) is 52.8. The van der Waals surface area contributed by atoms with Gasteiger partial charge in [0, 0.05) is 30.9 Å². The molecule has 2 saturated carbocycles. The lowest BCUT2D eigenvalue weighted by Crippen LogP contribution is -2.45. The van der Waals surface area contributed by atoms with Crippen LogP contribution in [0.3, 0.4) is 0 Å². The molecular formula is C19H29N3O9. The Labute approximate surface area is 178 Å². The van der Waals surface area contributed by atoms with Crippen LogP contribution in [0.5, 0.6) is 0 Å². The number of aliphatic carboxylic acids is 2. The number of aliphatic hydroxyl groups is 1. The maximum absolute atomic E-state index is 12.4. The van der Waals surface area contributed by atoms with E-state index in [0.29, 0.717) is 32.4 Å². The molecular weight excluding hydrogens is 414 g/mol. The molecule has 0 aromatic heterocycles. The van der Waals surface area contributed by atoms with E-state index in [9.17, 15) is 39.8 Å². The number of carbonyl (C=O) groups is 3. The van der Waals surface area contributed by atoms with Gasteiger partial charge in [0.2, 0.25) is 11.9 Å². The highest BCUT2D eigenvalue weighted by atomic mass is 16.6. The number of aliphatic hydroxyl groups excluding tert-OH is 1. The maximum atomic E-state index is 12.4. The summed E-state index contributed by atoms with van der Waals surface area (Å²) in [5, 5.41) is 39.5. The Balaban J connectivity index is 1.40. The molecule has 0 aromatic rings. The normalized spacial score (nSPS) is 35.2. The monoisotopic (exact) mass is 443 g/mol. The number of carboxylic acids is 2. The molecule has 3 rings (SSSR count). The first-order valence-corrected chi connectivity index (χ1v) is 10.6. The minimum atomic E-state index is -1.19. The first kappa shape index (κ1) is 23.4. The molecule has 6 atom stereocenters. The van der Waals surface area contributed by atoms with Gasteiger partial charge in [-0.3, -0.25) is 24.5 Å². The highest BCUT2D eigenvalue weighted by Gasteiger charge is 2.70. The van der Waals surface area contributed by atoms with Crippen LogP contribution >= 0.6 is 0 Å². The SMILES string of the molecule is O=C(O)C1CC(O)CCC1CONCCCN1C(=O)C12CCC([N+](=O)[O-])CC2C(=O)O. The zero-order valence-electron chi connectivity index (χ0n) is 17.1. The lowest BCUT2D eigenvalue weighted by molar-refractivity contribution is -0.528. The number of nitrogens with one attached hydrogen (secondary N) is 1. The van der Waals surface area contributed by atoms with Gasteiger partial charge in [-0.1, -0.05) is 0 Å². The molecule has 0 bridgehead atoms. The van der Waals surface area contributed by atoms with Gasteiger partial charge < -0.3 is 25.1 Å². The highest BCUT2D eigenvalue weighted by molar-refractivity contribution is 6.06. The van der Waals surface area contributed by atoms with Crippen LogP contribution in [0, 0.1) is 27.9 Å². The zero-order valence-corrected chi connectivity index (χ0v) is 17.1. The molecule has 0 aromatic carbocycles. The van der Waals surface area contributed by atoms with Gasteiger partial charge in [0.05, 0.1) is 24.5 Å². The largest absolute Gasteiger partial charge is 0.481 e. The summed E-state index contributed by atoms with van der Waals surface area (Å²) in [6.07, 6.45) is 1.41. The third-order valence-electron chi connectivity index (χ3n) is 6.93. The maximum Gasteiger partial charge on any atom is 0.309 e. The quantitative estimate of drug-likeness (QED) is 0.154. The van der Waals surface area contributed by atoms with Gasteiger partial charge in [-0.2, -0.15) is 0 Å². The van der Waals surface area contributed by atoms with Gasteiger partial charge in [-0.25, -0.2) is 5.48 Å². The van der Waals surface area contributed by atoms with Crippen LogP contribution in [-0.4, -0.2) is 80.4 Å². The predicted molar refractivity (Wildman–Crippen MR) is 103 cm³/mol. The predicted octanol–water partition coefficient (Wildman–Crippen LogP) is -0.129. The summed E-state index contributed by atoms with van der Waals surface area (Å²) in [5.74, 6) is -4.33. The van der Waals surface area contributed by atoms with Crippen molar-refractivity contribution < 1.29 is 39.5 Å². The van der Waals surface area contributed by atoms with E-state index in [4.69, 9.17) is 4.84 Å².